The fourth-order valence-electron chi connectivity index (χ4n) is 3.28. The molecule has 2 aliphatic heterocycles. The molecule has 0 aromatic heterocycles. The molecule has 0 amide bonds. The van der Waals surface area contributed by atoms with Crippen LogP contribution in [-0.4, -0.2) is 29.6 Å². The molecule has 1 unspecified atom stereocenters. The van der Waals surface area contributed by atoms with Crippen molar-refractivity contribution in [3.05, 3.63) is 29.3 Å². The Balaban J connectivity index is 0.00000147. The van der Waals surface area contributed by atoms with Crippen molar-refractivity contribution in [2.45, 2.75) is 51.3 Å². The van der Waals surface area contributed by atoms with E-state index in [0.717, 1.165) is 38.2 Å². The van der Waals surface area contributed by atoms with Gasteiger partial charge in [-0.05, 0) is 38.8 Å². The first-order valence-electron chi connectivity index (χ1n) is 7.31. The van der Waals surface area contributed by atoms with E-state index >= 15 is 0 Å². The average molecular weight is 297 g/mol. The highest BCUT2D eigenvalue weighted by Crippen LogP contribution is 2.38. The summed E-state index contributed by atoms with van der Waals surface area (Å²) in [6.45, 7) is 7.45. The molecule has 3 rings (SSSR count). The molecule has 1 atom stereocenters. The van der Waals surface area contributed by atoms with Crippen molar-refractivity contribution in [2.75, 3.05) is 13.1 Å². The number of likely N-dealkylation sites (tertiary alicyclic amines) is 1. The minimum Gasteiger partial charge on any atom is -0.487 e. The van der Waals surface area contributed by atoms with E-state index in [1.807, 2.05) is 0 Å². The Kier molecular flexibility index (Phi) is 4.62. The van der Waals surface area contributed by atoms with Crippen molar-refractivity contribution in [3.63, 3.8) is 0 Å². The largest absolute Gasteiger partial charge is 0.487 e. The molecule has 20 heavy (non-hydrogen) atoms. The van der Waals surface area contributed by atoms with Gasteiger partial charge in [0.25, 0.3) is 0 Å². The van der Waals surface area contributed by atoms with Crippen LogP contribution in [0, 0.1) is 0 Å². The van der Waals surface area contributed by atoms with Crippen molar-refractivity contribution < 1.29 is 4.74 Å². The van der Waals surface area contributed by atoms with Crippen LogP contribution in [0.1, 0.15) is 37.8 Å². The smallest absolute Gasteiger partial charge is 0.127 e. The molecule has 0 radical (unpaired) electrons. The third-order valence-electron chi connectivity index (χ3n) is 4.11. The van der Waals surface area contributed by atoms with Gasteiger partial charge in [-0.3, -0.25) is 4.90 Å². The maximum Gasteiger partial charge on any atom is 0.127 e. The van der Waals surface area contributed by atoms with Gasteiger partial charge in [-0.2, -0.15) is 0 Å². The van der Waals surface area contributed by atoms with Crippen molar-refractivity contribution in [1.29, 1.82) is 0 Å². The normalized spacial score (nSPS) is 24.6. The van der Waals surface area contributed by atoms with Crippen LogP contribution < -0.4 is 10.5 Å². The van der Waals surface area contributed by atoms with Gasteiger partial charge in [-0.15, -0.1) is 12.4 Å². The fourth-order valence-corrected chi connectivity index (χ4v) is 3.28. The molecule has 0 spiro atoms. The lowest BCUT2D eigenvalue weighted by molar-refractivity contribution is 0.133. The number of nitrogens with zero attached hydrogens (tertiary/aromatic N) is 1. The molecule has 1 saturated heterocycles. The van der Waals surface area contributed by atoms with Crippen LogP contribution in [0.4, 0.5) is 0 Å². The molecule has 112 valence electrons. The summed E-state index contributed by atoms with van der Waals surface area (Å²) in [4.78, 5) is 2.46. The number of rotatable bonds is 2. The van der Waals surface area contributed by atoms with Gasteiger partial charge in [0.05, 0.1) is 0 Å². The van der Waals surface area contributed by atoms with E-state index in [1.54, 1.807) is 0 Å². The number of nitrogens with two attached hydrogens (primary N) is 1. The second-order valence-electron chi connectivity index (χ2n) is 6.58. The highest BCUT2D eigenvalue weighted by atomic mass is 35.5. The molecule has 1 aromatic carbocycles. The summed E-state index contributed by atoms with van der Waals surface area (Å²) >= 11 is 0. The van der Waals surface area contributed by atoms with Gasteiger partial charge in [-0.1, -0.05) is 18.2 Å². The SMILES string of the molecule is CC1(C)Cc2cccc(CN3CCCC(N)C3)c2O1.Cl. The number of para-hydroxylation sites is 1. The van der Waals surface area contributed by atoms with E-state index in [-0.39, 0.29) is 18.0 Å². The van der Waals surface area contributed by atoms with Gasteiger partial charge in [0.2, 0.25) is 0 Å². The minimum atomic E-state index is -0.0588. The van der Waals surface area contributed by atoms with Crippen LogP contribution in [0.15, 0.2) is 18.2 Å². The van der Waals surface area contributed by atoms with Gasteiger partial charge < -0.3 is 10.5 Å². The van der Waals surface area contributed by atoms with Crippen LogP contribution >= 0.6 is 12.4 Å². The van der Waals surface area contributed by atoms with E-state index in [1.165, 1.54) is 17.5 Å². The summed E-state index contributed by atoms with van der Waals surface area (Å²) < 4.78 is 6.14. The number of benzene rings is 1. The molecule has 1 fully saturated rings. The predicted octanol–water partition coefficient (Wildman–Crippen LogP) is 2.75. The summed E-state index contributed by atoms with van der Waals surface area (Å²) in [6.07, 6.45) is 3.38. The second-order valence-corrected chi connectivity index (χ2v) is 6.58. The van der Waals surface area contributed by atoms with Crippen LogP contribution in [-0.2, 0) is 13.0 Å². The number of ether oxygens (including phenoxy) is 1. The zero-order valence-electron chi connectivity index (χ0n) is 12.4. The van der Waals surface area contributed by atoms with Crippen LogP contribution in [0.3, 0.4) is 0 Å². The Morgan fingerprint density at radius 3 is 2.95 bits per heavy atom. The highest BCUT2D eigenvalue weighted by Gasteiger charge is 2.32. The quantitative estimate of drug-likeness (QED) is 0.912. The van der Waals surface area contributed by atoms with Crippen LogP contribution in [0.5, 0.6) is 5.75 Å². The molecule has 0 aliphatic carbocycles. The third kappa shape index (κ3) is 3.27. The van der Waals surface area contributed by atoms with E-state index in [4.69, 9.17) is 10.5 Å². The first-order valence-corrected chi connectivity index (χ1v) is 7.31. The standard InChI is InChI=1S/C16H24N2O.ClH/c1-16(2)9-12-5-3-6-13(15(12)19-16)10-18-8-4-7-14(17)11-18;/h3,5-6,14H,4,7-11,17H2,1-2H3;1H. The van der Waals surface area contributed by atoms with Gasteiger partial charge in [0.15, 0.2) is 0 Å². The number of piperidine rings is 1. The van der Waals surface area contributed by atoms with Crippen LogP contribution in [0.2, 0.25) is 0 Å². The second kappa shape index (κ2) is 5.92. The number of hydrogen-bond donors (Lipinski definition) is 1. The van der Waals surface area contributed by atoms with Crippen molar-refractivity contribution in [3.8, 4) is 5.75 Å². The monoisotopic (exact) mass is 296 g/mol. The van der Waals surface area contributed by atoms with Gasteiger partial charge in [0, 0.05) is 31.1 Å². The van der Waals surface area contributed by atoms with E-state index in [9.17, 15) is 0 Å². The predicted molar refractivity (Wildman–Crippen MR) is 84.6 cm³/mol. The van der Waals surface area contributed by atoms with Crippen LogP contribution in [0.25, 0.3) is 0 Å². The Labute approximate surface area is 127 Å². The Morgan fingerprint density at radius 2 is 2.20 bits per heavy atom. The third-order valence-corrected chi connectivity index (χ3v) is 4.11. The lowest BCUT2D eigenvalue weighted by atomic mass is 10.00. The Hall–Kier alpha value is -0.770. The average Bonchev–Trinajstić information content (AvgIpc) is 2.64. The summed E-state index contributed by atoms with van der Waals surface area (Å²) in [5.41, 5.74) is 8.67. The van der Waals surface area contributed by atoms with E-state index in [2.05, 4.69) is 36.9 Å². The summed E-state index contributed by atoms with van der Waals surface area (Å²) in [5.74, 6) is 1.12. The summed E-state index contributed by atoms with van der Waals surface area (Å²) in [6, 6.07) is 6.88. The molecule has 0 saturated carbocycles. The lowest BCUT2D eigenvalue weighted by Gasteiger charge is -2.31. The zero-order chi connectivity index (χ0) is 13.5. The fraction of sp³-hybridized carbons (Fsp3) is 0.625. The summed E-state index contributed by atoms with van der Waals surface area (Å²) in [5, 5.41) is 0. The van der Waals surface area contributed by atoms with Gasteiger partial charge >= 0.3 is 0 Å². The minimum absolute atomic E-state index is 0. The first kappa shape index (κ1) is 15.6. The molecular weight excluding hydrogens is 272 g/mol. The molecule has 3 nitrogen and oxygen atoms in total. The number of fused-ring (bicyclic) bond motifs is 1. The first-order chi connectivity index (χ1) is 9.03. The van der Waals surface area contributed by atoms with E-state index in [0.29, 0.717) is 6.04 Å². The summed E-state index contributed by atoms with van der Waals surface area (Å²) in [7, 11) is 0. The van der Waals surface area contributed by atoms with Gasteiger partial charge in [0.1, 0.15) is 11.4 Å². The molecule has 2 N–H and O–H groups in total. The molecule has 2 heterocycles. The highest BCUT2D eigenvalue weighted by molar-refractivity contribution is 5.85. The topological polar surface area (TPSA) is 38.5 Å². The molecule has 0 bridgehead atoms. The zero-order valence-corrected chi connectivity index (χ0v) is 13.2. The maximum atomic E-state index is 6.14. The molecule has 4 heteroatoms. The lowest BCUT2D eigenvalue weighted by Crippen LogP contribution is -2.42. The van der Waals surface area contributed by atoms with Crippen molar-refractivity contribution in [2.24, 2.45) is 5.73 Å². The van der Waals surface area contributed by atoms with Crippen molar-refractivity contribution in [1.82, 2.24) is 4.90 Å². The molecular formula is C16H25ClN2O. The van der Waals surface area contributed by atoms with Crippen molar-refractivity contribution >= 4 is 12.4 Å². The number of hydrogen-bond acceptors (Lipinski definition) is 3. The Morgan fingerprint density at radius 1 is 1.40 bits per heavy atom. The molecule has 2 aliphatic rings. The van der Waals surface area contributed by atoms with E-state index < -0.39 is 0 Å². The maximum absolute atomic E-state index is 6.14. The Bertz CT molecular complexity index is 476. The number of halogens is 1. The molecule has 1 aromatic rings. The van der Waals surface area contributed by atoms with Gasteiger partial charge in [-0.25, -0.2) is 0 Å².